The molecule has 20 heavy (non-hydrogen) atoms. The molecular weight excluding hydrogens is 250 g/mol. The Morgan fingerprint density at radius 1 is 1.25 bits per heavy atom. The van der Waals surface area contributed by atoms with Gasteiger partial charge in [-0.15, -0.1) is 0 Å². The lowest BCUT2D eigenvalue weighted by Crippen LogP contribution is -2.21. The van der Waals surface area contributed by atoms with E-state index in [1.807, 2.05) is 25.1 Å². The number of nitrogens with zero attached hydrogens (tertiary/aromatic N) is 1. The van der Waals surface area contributed by atoms with Crippen LogP contribution < -0.4 is 10.9 Å². The Bertz CT molecular complexity index is 614. The van der Waals surface area contributed by atoms with E-state index in [0.29, 0.717) is 18.0 Å². The monoisotopic (exact) mass is 271 g/mol. The molecule has 1 aromatic carbocycles. The molecule has 0 saturated heterocycles. The second kappa shape index (κ2) is 6.48. The summed E-state index contributed by atoms with van der Waals surface area (Å²) >= 11 is 0. The highest BCUT2D eigenvalue weighted by Gasteiger charge is 2.06. The largest absolute Gasteiger partial charge is 0.313 e. The molecule has 0 aliphatic heterocycles. The summed E-state index contributed by atoms with van der Waals surface area (Å²) in [6.07, 6.45) is 0. The highest BCUT2D eigenvalue weighted by Crippen LogP contribution is 2.20. The number of H-pyrrole nitrogens is 1. The number of hydrogen-bond donors (Lipinski definition) is 2. The topological polar surface area (TPSA) is 57.8 Å². The first-order valence-electron chi connectivity index (χ1n) is 7.01. The van der Waals surface area contributed by atoms with Crippen molar-refractivity contribution in [3.63, 3.8) is 0 Å². The van der Waals surface area contributed by atoms with Gasteiger partial charge in [0.1, 0.15) is 0 Å². The molecule has 0 unspecified atom stereocenters. The van der Waals surface area contributed by atoms with E-state index >= 15 is 0 Å². The van der Waals surface area contributed by atoms with Crippen LogP contribution >= 0.6 is 0 Å². The molecular formula is C16H21N3O. The number of hydrogen-bond acceptors (Lipinski definition) is 3. The predicted octanol–water partition coefficient (Wildman–Crippen LogP) is 2.67. The van der Waals surface area contributed by atoms with Crippen molar-refractivity contribution < 1.29 is 0 Å². The average Bonchev–Trinajstić information content (AvgIpc) is 2.46. The van der Waals surface area contributed by atoms with Gasteiger partial charge < -0.3 is 5.32 Å². The fourth-order valence-electron chi connectivity index (χ4n) is 2.02. The molecule has 0 amide bonds. The maximum Gasteiger partial charge on any atom is 0.268 e. The van der Waals surface area contributed by atoms with E-state index in [0.717, 1.165) is 17.8 Å². The van der Waals surface area contributed by atoms with Crippen LogP contribution in [-0.2, 0) is 6.54 Å². The summed E-state index contributed by atoms with van der Waals surface area (Å²) in [6.45, 7) is 7.75. The molecule has 0 spiro atoms. The van der Waals surface area contributed by atoms with Crippen LogP contribution in [0, 0.1) is 0 Å². The maximum absolute atomic E-state index is 11.7. The number of benzene rings is 1. The van der Waals surface area contributed by atoms with Gasteiger partial charge >= 0.3 is 0 Å². The SMILES string of the molecule is CCNCc1cc(-c2ccc(C(C)C)cc2)n[nH]c1=O. The van der Waals surface area contributed by atoms with Crippen molar-refractivity contribution in [2.24, 2.45) is 0 Å². The van der Waals surface area contributed by atoms with E-state index < -0.39 is 0 Å². The summed E-state index contributed by atoms with van der Waals surface area (Å²) in [6, 6.07) is 10.2. The Morgan fingerprint density at radius 2 is 1.95 bits per heavy atom. The highest BCUT2D eigenvalue weighted by atomic mass is 16.1. The Morgan fingerprint density at radius 3 is 2.55 bits per heavy atom. The molecule has 4 nitrogen and oxygen atoms in total. The molecule has 1 aromatic heterocycles. The summed E-state index contributed by atoms with van der Waals surface area (Å²) < 4.78 is 0. The number of aromatic amines is 1. The highest BCUT2D eigenvalue weighted by molar-refractivity contribution is 5.59. The van der Waals surface area contributed by atoms with Crippen LogP contribution in [0.5, 0.6) is 0 Å². The zero-order valence-corrected chi connectivity index (χ0v) is 12.2. The quantitative estimate of drug-likeness (QED) is 0.879. The first kappa shape index (κ1) is 14.5. The molecule has 2 aromatic rings. The van der Waals surface area contributed by atoms with Crippen molar-refractivity contribution in [2.45, 2.75) is 33.2 Å². The van der Waals surface area contributed by atoms with Gasteiger partial charge in [-0.2, -0.15) is 5.10 Å². The van der Waals surface area contributed by atoms with Gasteiger partial charge in [0, 0.05) is 17.7 Å². The van der Waals surface area contributed by atoms with Gasteiger partial charge in [-0.3, -0.25) is 4.79 Å². The first-order valence-corrected chi connectivity index (χ1v) is 7.01. The lowest BCUT2D eigenvalue weighted by molar-refractivity contribution is 0.715. The van der Waals surface area contributed by atoms with Gasteiger partial charge in [0.05, 0.1) is 5.69 Å². The number of rotatable bonds is 5. The lowest BCUT2D eigenvalue weighted by atomic mass is 10.0. The Kier molecular flexibility index (Phi) is 4.69. The molecule has 1 heterocycles. The summed E-state index contributed by atoms with van der Waals surface area (Å²) in [5, 5.41) is 9.85. The second-order valence-electron chi connectivity index (χ2n) is 5.16. The third kappa shape index (κ3) is 3.33. The van der Waals surface area contributed by atoms with Gasteiger partial charge in [-0.1, -0.05) is 45.0 Å². The number of nitrogens with one attached hydrogen (secondary N) is 2. The third-order valence-electron chi connectivity index (χ3n) is 3.32. The smallest absolute Gasteiger partial charge is 0.268 e. The Labute approximate surface area is 119 Å². The van der Waals surface area contributed by atoms with Crippen LogP contribution in [0.2, 0.25) is 0 Å². The van der Waals surface area contributed by atoms with E-state index in [4.69, 9.17) is 0 Å². The standard InChI is InChI=1S/C16H21N3O/c1-4-17-10-14-9-15(18-19-16(14)20)13-7-5-12(6-8-13)11(2)3/h5-9,11,17H,4,10H2,1-3H3,(H,19,20). The van der Waals surface area contributed by atoms with E-state index in [-0.39, 0.29) is 5.56 Å². The minimum absolute atomic E-state index is 0.131. The molecule has 2 N–H and O–H groups in total. The molecule has 0 bridgehead atoms. The molecule has 4 heteroatoms. The van der Waals surface area contributed by atoms with E-state index in [2.05, 4.69) is 41.5 Å². The van der Waals surface area contributed by atoms with Crippen molar-refractivity contribution in [1.29, 1.82) is 0 Å². The Balaban J connectivity index is 2.30. The molecule has 0 aliphatic rings. The Hall–Kier alpha value is -1.94. The molecule has 0 atom stereocenters. The van der Waals surface area contributed by atoms with Gasteiger partial charge in [-0.05, 0) is 24.1 Å². The summed E-state index contributed by atoms with van der Waals surface area (Å²) in [5.74, 6) is 0.511. The molecule has 0 saturated carbocycles. The zero-order chi connectivity index (χ0) is 14.5. The molecule has 106 valence electrons. The van der Waals surface area contributed by atoms with Crippen LogP contribution in [0.15, 0.2) is 35.1 Å². The molecule has 0 aliphatic carbocycles. The van der Waals surface area contributed by atoms with Crippen LogP contribution in [0.25, 0.3) is 11.3 Å². The molecule has 2 rings (SSSR count). The van der Waals surface area contributed by atoms with Gasteiger partial charge in [-0.25, -0.2) is 5.10 Å². The van der Waals surface area contributed by atoms with Crippen molar-refractivity contribution in [3.05, 3.63) is 51.8 Å². The summed E-state index contributed by atoms with van der Waals surface area (Å²) in [7, 11) is 0. The summed E-state index contributed by atoms with van der Waals surface area (Å²) in [5.41, 5.74) is 3.69. The van der Waals surface area contributed by atoms with E-state index in [1.54, 1.807) is 0 Å². The van der Waals surface area contributed by atoms with E-state index in [9.17, 15) is 4.79 Å². The fourth-order valence-corrected chi connectivity index (χ4v) is 2.02. The van der Waals surface area contributed by atoms with Crippen molar-refractivity contribution in [3.8, 4) is 11.3 Å². The minimum Gasteiger partial charge on any atom is -0.313 e. The van der Waals surface area contributed by atoms with Crippen LogP contribution in [0.1, 0.15) is 37.8 Å². The van der Waals surface area contributed by atoms with Crippen LogP contribution in [0.4, 0.5) is 0 Å². The van der Waals surface area contributed by atoms with Crippen LogP contribution in [-0.4, -0.2) is 16.7 Å². The van der Waals surface area contributed by atoms with E-state index in [1.165, 1.54) is 5.56 Å². The van der Waals surface area contributed by atoms with Gasteiger partial charge in [0.15, 0.2) is 0 Å². The van der Waals surface area contributed by atoms with Crippen molar-refractivity contribution in [1.82, 2.24) is 15.5 Å². The molecule has 0 fully saturated rings. The third-order valence-corrected chi connectivity index (χ3v) is 3.32. The zero-order valence-electron chi connectivity index (χ0n) is 12.2. The minimum atomic E-state index is -0.131. The molecule has 0 radical (unpaired) electrons. The predicted molar refractivity (Wildman–Crippen MR) is 81.8 cm³/mol. The lowest BCUT2D eigenvalue weighted by Gasteiger charge is -2.07. The number of aromatic nitrogens is 2. The summed E-state index contributed by atoms with van der Waals surface area (Å²) in [4.78, 5) is 11.7. The van der Waals surface area contributed by atoms with Crippen molar-refractivity contribution in [2.75, 3.05) is 6.54 Å². The maximum atomic E-state index is 11.7. The van der Waals surface area contributed by atoms with Crippen molar-refractivity contribution >= 4 is 0 Å². The van der Waals surface area contributed by atoms with Crippen LogP contribution in [0.3, 0.4) is 0 Å². The van der Waals surface area contributed by atoms with Gasteiger partial charge in [0.25, 0.3) is 5.56 Å². The normalized spacial score (nSPS) is 11.0. The second-order valence-corrected chi connectivity index (χ2v) is 5.16. The average molecular weight is 271 g/mol. The fraction of sp³-hybridized carbons (Fsp3) is 0.375. The van der Waals surface area contributed by atoms with Gasteiger partial charge in [0.2, 0.25) is 0 Å². The first-order chi connectivity index (χ1) is 9.61.